The van der Waals surface area contributed by atoms with Crippen molar-refractivity contribution in [2.24, 2.45) is 0 Å². The number of thiophene rings is 1. The highest BCUT2D eigenvalue weighted by Crippen LogP contribution is 2.28. The molecule has 2 N–H and O–H groups in total. The van der Waals surface area contributed by atoms with E-state index in [2.05, 4.69) is 24.7 Å². The molecular formula is C17H20N2O3S. The van der Waals surface area contributed by atoms with E-state index in [1.807, 2.05) is 24.3 Å². The number of para-hydroxylation sites is 1. The predicted molar refractivity (Wildman–Crippen MR) is 90.6 cm³/mol. The molecule has 5 nitrogen and oxygen atoms in total. The van der Waals surface area contributed by atoms with Gasteiger partial charge in [-0.2, -0.15) is 0 Å². The number of ether oxygens (including phenoxy) is 1. The monoisotopic (exact) mass is 332 g/mol. The van der Waals surface area contributed by atoms with Crippen molar-refractivity contribution in [1.82, 2.24) is 10.9 Å². The van der Waals surface area contributed by atoms with E-state index in [0.717, 1.165) is 12.0 Å². The van der Waals surface area contributed by atoms with Crippen LogP contribution in [0.3, 0.4) is 0 Å². The van der Waals surface area contributed by atoms with Gasteiger partial charge in [-0.15, -0.1) is 11.3 Å². The summed E-state index contributed by atoms with van der Waals surface area (Å²) in [6.07, 6.45) is 0.990. The zero-order valence-electron chi connectivity index (χ0n) is 13.2. The molecule has 0 aliphatic heterocycles. The molecule has 122 valence electrons. The zero-order chi connectivity index (χ0) is 16.7. The fourth-order valence-corrected chi connectivity index (χ4v) is 2.63. The first-order chi connectivity index (χ1) is 11.1. The molecule has 1 heterocycles. The maximum absolute atomic E-state index is 11.8. The summed E-state index contributed by atoms with van der Waals surface area (Å²) in [6, 6.07) is 11.1. The molecule has 0 aliphatic carbocycles. The van der Waals surface area contributed by atoms with E-state index in [4.69, 9.17) is 4.74 Å². The van der Waals surface area contributed by atoms with Crippen molar-refractivity contribution < 1.29 is 14.3 Å². The minimum absolute atomic E-state index is 0.155. The van der Waals surface area contributed by atoms with Gasteiger partial charge in [0.05, 0.1) is 4.88 Å². The second kappa shape index (κ2) is 8.33. The average Bonchev–Trinajstić information content (AvgIpc) is 3.12. The van der Waals surface area contributed by atoms with Crippen LogP contribution in [0.2, 0.25) is 0 Å². The van der Waals surface area contributed by atoms with Crippen LogP contribution in [0.4, 0.5) is 0 Å². The highest BCUT2D eigenvalue weighted by Gasteiger charge is 2.12. The van der Waals surface area contributed by atoms with Crippen molar-refractivity contribution in [1.29, 1.82) is 0 Å². The van der Waals surface area contributed by atoms with Gasteiger partial charge in [0.15, 0.2) is 6.61 Å². The lowest BCUT2D eigenvalue weighted by Crippen LogP contribution is -2.43. The third-order valence-electron chi connectivity index (χ3n) is 3.48. The van der Waals surface area contributed by atoms with E-state index in [9.17, 15) is 9.59 Å². The Labute approximate surface area is 139 Å². The molecule has 0 radical (unpaired) electrons. The highest BCUT2D eigenvalue weighted by molar-refractivity contribution is 7.12. The Morgan fingerprint density at radius 2 is 1.96 bits per heavy atom. The van der Waals surface area contributed by atoms with Crippen molar-refractivity contribution in [2.75, 3.05) is 6.61 Å². The van der Waals surface area contributed by atoms with Crippen LogP contribution >= 0.6 is 11.3 Å². The number of carbonyl (C=O) groups excluding carboxylic acids is 2. The average molecular weight is 332 g/mol. The standard InChI is InChI=1S/C17H20N2O3S/c1-3-12(2)13-7-4-5-8-14(13)22-11-16(20)18-19-17(21)15-9-6-10-23-15/h4-10,12H,3,11H2,1-2H3,(H,18,20)(H,19,21). The molecule has 0 aliphatic rings. The Hall–Kier alpha value is -2.34. The smallest absolute Gasteiger partial charge is 0.279 e. The first-order valence-corrected chi connectivity index (χ1v) is 8.34. The summed E-state index contributed by atoms with van der Waals surface area (Å²) in [5.74, 6) is 0.302. The van der Waals surface area contributed by atoms with Crippen LogP contribution in [-0.4, -0.2) is 18.4 Å². The lowest BCUT2D eigenvalue weighted by molar-refractivity contribution is -0.123. The molecule has 6 heteroatoms. The third kappa shape index (κ3) is 4.82. The molecule has 0 fully saturated rings. The van der Waals surface area contributed by atoms with E-state index in [1.54, 1.807) is 17.5 Å². The quantitative estimate of drug-likeness (QED) is 0.799. The molecule has 1 atom stereocenters. The molecule has 0 saturated heterocycles. The third-order valence-corrected chi connectivity index (χ3v) is 4.35. The van der Waals surface area contributed by atoms with Crippen molar-refractivity contribution in [3.8, 4) is 5.75 Å². The van der Waals surface area contributed by atoms with Gasteiger partial charge in [0, 0.05) is 0 Å². The van der Waals surface area contributed by atoms with E-state index < -0.39 is 5.91 Å². The SMILES string of the molecule is CCC(C)c1ccccc1OCC(=O)NNC(=O)c1cccs1. The van der Waals surface area contributed by atoms with Gasteiger partial charge >= 0.3 is 0 Å². The fraction of sp³-hybridized carbons (Fsp3) is 0.294. The molecule has 2 amide bonds. The number of nitrogens with one attached hydrogen (secondary N) is 2. The highest BCUT2D eigenvalue weighted by atomic mass is 32.1. The van der Waals surface area contributed by atoms with Gasteiger partial charge in [-0.25, -0.2) is 0 Å². The molecule has 1 aromatic carbocycles. The molecule has 1 unspecified atom stereocenters. The van der Waals surface area contributed by atoms with Gasteiger partial charge in [-0.3, -0.25) is 20.4 Å². The number of hydrogen-bond acceptors (Lipinski definition) is 4. The molecular weight excluding hydrogens is 312 g/mol. The van der Waals surface area contributed by atoms with Crippen LogP contribution < -0.4 is 15.6 Å². The number of hydrogen-bond donors (Lipinski definition) is 2. The van der Waals surface area contributed by atoms with Crippen molar-refractivity contribution >= 4 is 23.2 Å². The molecule has 0 bridgehead atoms. The van der Waals surface area contributed by atoms with E-state index in [-0.39, 0.29) is 12.5 Å². The van der Waals surface area contributed by atoms with Gasteiger partial charge in [0.2, 0.25) is 0 Å². The van der Waals surface area contributed by atoms with E-state index in [0.29, 0.717) is 16.5 Å². The fourth-order valence-electron chi connectivity index (χ4n) is 2.01. The van der Waals surface area contributed by atoms with E-state index in [1.165, 1.54) is 11.3 Å². The summed E-state index contributed by atoms with van der Waals surface area (Å²) < 4.78 is 5.58. The number of benzene rings is 1. The first-order valence-electron chi connectivity index (χ1n) is 7.46. The summed E-state index contributed by atoms with van der Waals surface area (Å²) in [7, 11) is 0. The largest absolute Gasteiger partial charge is 0.483 e. The maximum atomic E-state index is 11.8. The van der Waals surface area contributed by atoms with Crippen LogP contribution in [-0.2, 0) is 4.79 Å². The zero-order valence-corrected chi connectivity index (χ0v) is 14.0. The molecule has 0 saturated carbocycles. The first kappa shape index (κ1) is 17.0. The second-order valence-electron chi connectivity index (χ2n) is 5.12. The molecule has 1 aromatic heterocycles. The lowest BCUT2D eigenvalue weighted by Gasteiger charge is -2.15. The number of hydrazine groups is 1. The Morgan fingerprint density at radius 3 is 2.65 bits per heavy atom. The van der Waals surface area contributed by atoms with Crippen molar-refractivity contribution in [3.63, 3.8) is 0 Å². The number of amides is 2. The number of rotatable bonds is 6. The topological polar surface area (TPSA) is 67.4 Å². The van der Waals surface area contributed by atoms with Gasteiger partial charge in [0.1, 0.15) is 5.75 Å². The Kier molecular flexibility index (Phi) is 6.17. The van der Waals surface area contributed by atoms with Gasteiger partial charge in [-0.1, -0.05) is 38.1 Å². The Morgan fingerprint density at radius 1 is 1.17 bits per heavy atom. The maximum Gasteiger partial charge on any atom is 0.279 e. The minimum Gasteiger partial charge on any atom is -0.483 e. The summed E-state index contributed by atoms with van der Waals surface area (Å²) in [5.41, 5.74) is 5.78. The van der Waals surface area contributed by atoms with Crippen LogP contribution in [0.1, 0.15) is 41.4 Å². The van der Waals surface area contributed by atoms with Gasteiger partial charge in [0.25, 0.3) is 11.8 Å². The molecule has 2 aromatic rings. The minimum atomic E-state index is -0.408. The summed E-state index contributed by atoms with van der Waals surface area (Å²) in [6.45, 7) is 4.07. The number of carbonyl (C=O) groups is 2. The lowest BCUT2D eigenvalue weighted by atomic mass is 9.98. The molecule has 23 heavy (non-hydrogen) atoms. The summed E-state index contributed by atoms with van der Waals surface area (Å²) in [4.78, 5) is 24.0. The van der Waals surface area contributed by atoms with Crippen LogP contribution in [0.15, 0.2) is 41.8 Å². The second-order valence-corrected chi connectivity index (χ2v) is 6.06. The van der Waals surface area contributed by atoms with Gasteiger partial charge in [-0.05, 0) is 35.4 Å². The van der Waals surface area contributed by atoms with Gasteiger partial charge < -0.3 is 4.74 Å². The normalized spacial score (nSPS) is 11.6. The van der Waals surface area contributed by atoms with E-state index >= 15 is 0 Å². The summed E-state index contributed by atoms with van der Waals surface area (Å²) in [5, 5.41) is 1.80. The Bertz CT molecular complexity index is 656. The predicted octanol–water partition coefficient (Wildman–Crippen LogP) is 3.10. The Balaban J connectivity index is 1.84. The van der Waals surface area contributed by atoms with Crippen LogP contribution in [0.25, 0.3) is 0 Å². The molecule has 2 rings (SSSR count). The van der Waals surface area contributed by atoms with Crippen molar-refractivity contribution in [3.05, 3.63) is 52.2 Å². The summed E-state index contributed by atoms with van der Waals surface area (Å²) >= 11 is 1.31. The van der Waals surface area contributed by atoms with Crippen LogP contribution in [0, 0.1) is 0 Å². The van der Waals surface area contributed by atoms with Crippen LogP contribution in [0.5, 0.6) is 5.75 Å². The molecule has 0 spiro atoms. The van der Waals surface area contributed by atoms with Crippen molar-refractivity contribution in [2.45, 2.75) is 26.2 Å².